The fraction of sp³-hybridized carbons (Fsp3) is 0.250. The number of ether oxygens (including phenoxy) is 1. The second kappa shape index (κ2) is 8.95. The number of nitrogens with zero attached hydrogens (tertiary/aromatic N) is 3. The molecule has 1 aromatic carbocycles. The van der Waals surface area contributed by atoms with Gasteiger partial charge in [0.05, 0.1) is 12.2 Å². The summed E-state index contributed by atoms with van der Waals surface area (Å²) in [6, 6.07) is 15.2. The first-order valence-electron chi connectivity index (χ1n) is 8.62. The van der Waals surface area contributed by atoms with Gasteiger partial charge in [0.1, 0.15) is 18.1 Å². The molecular formula is C20H22N4O3. The molecule has 1 N–H and O–H groups in total. The van der Waals surface area contributed by atoms with Gasteiger partial charge in [0.25, 0.3) is 0 Å². The highest BCUT2D eigenvalue weighted by Gasteiger charge is 2.10. The number of aryl methyl sites for hydroxylation is 1. The molecule has 0 atom stereocenters. The van der Waals surface area contributed by atoms with E-state index in [0.717, 1.165) is 17.0 Å². The second-order valence-electron chi connectivity index (χ2n) is 6.30. The smallest absolute Gasteiger partial charge is 0.239 e. The fourth-order valence-corrected chi connectivity index (χ4v) is 2.55. The number of rotatable bonds is 8. The van der Waals surface area contributed by atoms with Gasteiger partial charge in [-0.25, -0.2) is 0 Å². The molecule has 0 aliphatic heterocycles. The van der Waals surface area contributed by atoms with Crippen LogP contribution < -0.4 is 10.1 Å². The van der Waals surface area contributed by atoms with Crippen molar-refractivity contribution in [3.63, 3.8) is 0 Å². The van der Waals surface area contributed by atoms with Crippen LogP contribution in [0.4, 0.5) is 5.82 Å². The molecule has 3 aromatic rings. The molecule has 7 nitrogen and oxygen atoms in total. The van der Waals surface area contributed by atoms with Crippen LogP contribution in [0, 0.1) is 6.92 Å². The summed E-state index contributed by atoms with van der Waals surface area (Å²) in [5.41, 5.74) is 1.97. The Bertz CT molecular complexity index is 862. The van der Waals surface area contributed by atoms with Crippen molar-refractivity contribution < 1.29 is 14.1 Å². The lowest BCUT2D eigenvalue weighted by molar-refractivity contribution is -0.117. The highest BCUT2D eigenvalue weighted by Crippen LogP contribution is 2.15. The summed E-state index contributed by atoms with van der Waals surface area (Å²) in [6.07, 6.45) is 1.75. The summed E-state index contributed by atoms with van der Waals surface area (Å²) in [5, 5.41) is 6.46. The molecule has 1 amide bonds. The standard InChI is InChI=1S/C20H22N4O3/c1-15-11-19(23-27-15)22-20(25)13-24(2)12-16-6-8-18(9-7-16)26-14-17-5-3-4-10-21-17/h3-11H,12-14H2,1-2H3,(H,22,23,25). The Hall–Kier alpha value is -3.19. The maximum absolute atomic E-state index is 12.0. The average Bonchev–Trinajstić information content (AvgIpc) is 3.06. The number of carbonyl (C=O) groups excluding carboxylic acids is 1. The predicted molar refractivity (Wildman–Crippen MR) is 101 cm³/mol. The van der Waals surface area contributed by atoms with E-state index in [-0.39, 0.29) is 12.5 Å². The van der Waals surface area contributed by atoms with Crippen molar-refractivity contribution in [3.8, 4) is 5.75 Å². The largest absolute Gasteiger partial charge is 0.487 e. The first kappa shape index (κ1) is 18.6. The van der Waals surface area contributed by atoms with E-state index in [0.29, 0.717) is 24.7 Å². The van der Waals surface area contributed by atoms with Gasteiger partial charge in [0, 0.05) is 18.8 Å². The zero-order valence-electron chi connectivity index (χ0n) is 15.4. The topological polar surface area (TPSA) is 80.5 Å². The van der Waals surface area contributed by atoms with Gasteiger partial charge in [0.15, 0.2) is 5.82 Å². The van der Waals surface area contributed by atoms with E-state index < -0.39 is 0 Å². The summed E-state index contributed by atoms with van der Waals surface area (Å²) in [5.74, 6) is 1.73. The van der Waals surface area contributed by atoms with Crippen molar-refractivity contribution in [1.82, 2.24) is 15.0 Å². The second-order valence-corrected chi connectivity index (χ2v) is 6.30. The van der Waals surface area contributed by atoms with Gasteiger partial charge in [-0.2, -0.15) is 0 Å². The molecule has 0 spiro atoms. The maximum atomic E-state index is 12.0. The van der Waals surface area contributed by atoms with Crippen LogP contribution in [0.25, 0.3) is 0 Å². The lowest BCUT2D eigenvalue weighted by atomic mass is 10.2. The molecule has 0 aliphatic carbocycles. The van der Waals surface area contributed by atoms with Gasteiger partial charge in [-0.15, -0.1) is 0 Å². The normalized spacial score (nSPS) is 10.8. The van der Waals surface area contributed by atoms with Crippen LogP contribution in [0.5, 0.6) is 5.75 Å². The summed E-state index contributed by atoms with van der Waals surface area (Å²) in [6.45, 7) is 3.11. The minimum Gasteiger partial charge on any atom is -0.487 e. The number of hydrogen-bond donors (Lipinski definition) is 1. The molecule has 0 saturated heterocycles. The molecular weight excluding hydrogens is 344 g/mol. The Kier molecular flexibility index (Phi) is 6.17. The number of carbonyl (C=O) groups is 1. The molecule has 140 valence electrons. The van der Waals surface area contributed by atoms with Crippen LogP contribution in [-0.2, 0) is 17.9 Å². The van der Waals surface area contributed by atoms with E-state index in [1.54, 1.807) is 19.2 Å². The van der Waals surface area contributed by atoms with Crippen LogP contribution in [0.15, 0.2) is 59.3 Å². The van der Waals surface area contributed by atoms with Crippen LogP contribution in [0.2, 0.25) is 0 Å². The number of aromatic nitrogens is 2. The van der Waals surface area contributed by atoms with Crippen LogP contribution in [-0.4, -0.2) is 34.5 Å². The number of benzene rings is 1. The van der Waals surface area contributed by atoms with Crippen LogP contribution in [0.1, 0.15) is 17.0 Å². The van der Waals surface area contributed by atoms with Crippen molar-refractivity contribution >= 4 is 11.7 Å². The maximum Gasteiger partial charge on any atom is 0.239 e. The van der Waals surface area contributed by atoms with Gasteiger partial charge in [-0.3, -0.25) is 14.7 Å². The quantitative estimate of drug-likeness (QED) is 0.660. The highest BCUT2D eigenvalue weighted by atomic mass is 16.5. The summed E-state index contributed by atoms with van der Waals surface area (Å²) in [7, 11) is 1.89. The number of likely N-dealkylation sites (N-methyl/N-ethyl adjacent to an activating group) is 1. The summed E-state index contributed by atoms with van der Waals surface area (Å²) in [4.78, 5) is 18.2. The molecule has 2 heterocycles. The van der Waals surface area contributed by atoms with Gasteiger partial charge in [0.2, 0.25) is 5.91 Å². The minimum absolute atomic E-state index is 0.138. The highest BCUT2D eigenvalue weighted by molar-refractivity contribution is 5.91. The van der Waals surface area contributed by atoms with Crippen molar-refractivity contribution in [2.75, 3.05) is 18.9 Å². The molecule has 0 aliphatic rings. The van der Waals surface area contributed by atoms with Crippen LogP contribution >= 0.6 is 0 Å². The first-order valence-corrected chi connectivity index (χ1v) is 8.62. The van der Waals surface area contributed by atoms with Gasteiger partial charge < -0.3 is 14.6 Å². The molecule has 0 unspecified atom stereocenters. The van der Waals surface area contributed by atoms with E-state index in [9.17, 15) is 4.79 Å². The Morgan fingerprint density at radius 1 is 1.22 bits per heavy atom. The summed E-state index contributed by atoms with van der Waals surface area (Å²) < 4.78 is 10.7. The van der Waals surface area contributed by atoms with Crippen molar-refractivity contribution in [1.29, 1.82) is 0 Å². The number of anilines is 1. The Labute approximate surface area is 158 Å². The molecule has 0 bridgehead atoms. The van der Waals surface area contributed by atoms with Crippen molar-refractivity contribution in [3.05, 3.63) is 71.7 Å². The molecule has 2 aromatic heterocycles. The lowest BCUT2D eigenvalue weighted by Crippen LogP contribution is -2.29. The van der Waals surface area contributed by atoms with E-state index in [1.165, 1.54) is 0 Å². The number of amides is 1. The number of nitrogens with one attached hydrogen (secondary N) is 1. The zero-order valence-corrected chi connectivity index (χ0v) is 15.4. The third-order valence-electron chi connectivity index (χ3n) is 3.80. The Morgan fingerprint density at radius 3 is 2.70 bits per heavy atom. The van der Waals surface area contributed by atoms with E-state index >= 15 is 0 Å². The number of hydrogen-bond acceptors (Lipinski definition) is 6. The third-order valence-corrected chi connectivity index (χ3v) is 3.80. The van der Waals surface area contributed by atoms with Crippen molar-refractivity contribution in [2.45, 2.75) is 20.1 Å². The number of pyridine rings is 1. The van der Waals surface area contributed by atoms with Gasteiger partial charge >= 0.3 is 0 Å². The fourth-order valence-electron chi connectivity index (χ4n) is 2.55. The van der Waals surface area contributed by atoms with E-state index in [4.69, 9.17) is 9.26 Å². The van der Waals surface area contributed by atoms with Crippen molar-refractivity contribution in [2.24, 2.45) is 0 Å². The average molecular weight is 366 g/mol. The predicted octanol–water partition coefficient (Wildman–Crippen LogP) is 3.03. The zero-order chi connectivity index (χ0) is 19.1. The van der Waals surface area contributed by atoms with Crippen LogP contribution in [0.3, 0.4) is 0 Å². The first-order chi connectivity index (χ1) is 13.1. The lowest BCUT2D eigenvalue weighted by Gasteiger charge is -2.16. The SMILES string of the molecule is Cc1cc(NC(=O)CN(C)Cc2ccc(OCc3ccccn3)cc2)no1. The third kappa shape index (κ3) is 5.93. The van der Waals surface area contributed by atoms with E-state index in [2.05, 4.69) is 15.5 Å². The van der Waals surface area contributed by atoms with Gasteiger partial charge in [-0.05, 0) is 43.8 Å². The summed E-state index contributed by atoms with van der Waals surface area (Å²) >= 11 is 0. The minimum atomic E-state index is -0.138. The molecule has 3 rings (SSSR count). The Balaban J connectivity index is 1.45. The monoisotopic (exact) mass is 366 g/mol. The molecule has 0 radical (unpaired) electrons. The van der Waals surface area contributed by atoms with E-state index in [1.807, 2.05) is 54.4 Å². The molecule has 0 fully saturated rings. The molecule has 0 saturated carbocycles. The Morgan fingerprint density at radius 2 is 2.04 bits per heavy atom. The molecule has 7 heteroatoms. The van der Waals surface area contributed by atoms with Gasteiger partial charge in [-0.1, -0.05) is 23.4 Å². The molecule has 27 heavy (non-hydrogen) atoms.